The van der Waals surface area contributed by atoms with E-state index in [4.69, 9.17) is 4.42 Å². The average Bonchev–Trinajstić information content (AvgIpc) is 2.54. The van der Waals surface area contributed by atoms with Gasteiger partial charge in [-0.25, -0.2) is 0 Å². The Hall–Kier alpha value is -2.88. The standard InChI is InChI=1S/C19H17NO3/c1-3-13-7-8-17-15(10-13)16(21)11-18(23-17)19(22)20-14-6-4-5-12(2)9-14/h4-11H,3H2,1-2H3,(H,20,22). The first-order valence-electron chi connectivity index (χ1n) is 7.51. The van der Waals surface area contributed by atoms with Gasteiger partial charge in [-0.05, 0) is 48.7 Å². The van der Waals surface area contributed by atoms with Crippen LogP contribution < -0.4 is 10.7 Å². The molecule has 0 saturated heterocycles. The first-order valence-corrected chi connectivity index (χ1v) is 7.51. The Morgan fingerprint density at radius 3 is 2.70 bits per heavy atom. The molecule has 0 atom stereocenters. The number of benzene rings is 2. The molecule has 0 aliphatic carbocycles. The molecule has 1 amide bonds. The molecule has 0 spiro atoms. The fourth-order valence-corrected chi connectivity index (χ4v) is 2.45. The van der Waals surface area contributed by atoms with Crippen LogP contribution in [0.3, 0.4) is 0 Å². The lowest BCUT2D eigenvalue weighted by atomic mass is 10.1. The first-order chi connectivity index (χ1) is 11.1. The van der Waals surface area contributed by atoms with E-state index in [2.05, 4.69) is 5.32 Å². The monoisotopic (exact) mass is 307 g/mol. The summed E-state index contributed by atoms with van der Waals surface area (Å²) in [5.74, 6) is -0.428. The van der Waals surface area contributed by atoms with Gasteiger partial charge in [0.15, 0.2) is 11.2 Å². The first kappa shape index (κ1) is 15.0. The fraction of sp³-hybridized carbons (Fsp3) is 0.158. The van der Waals surface area contributed by atoms with E-state index in [0.29, 0.717) is 16.7 Å². The van der Waals surface area contributed by atoms with Gasteiger partial charge in [-0.2, -0.15) is 0 Å². The molecular formula is C19H17NO3. The topological polar surface area (TPSA) is 59.3 Å². The normalized spacial score (nSPS) is 10.7. The molecule has 4 heteroatoms. The van der Waals surface area contributed by atoms with Gasteiger partial charge in [0.25, 0.3) is 5.91 Å². The van der Waals surface area contributed by atoms with Crippen molar-refractivity contribution in [2.24, 2.45) is 0 Å². The highest BCUT2D eigenvalue weighted by Gasteiger charge is 2.13. The summed E-state index contributed by atoms with van der Waals surface area (Å²) in [4.78, 5) is 24.5. The van der Waals surface area contributed by atoms with Crippen LogP contribution in [-0.2, 0) is 6.42 Å². The van der Waals surface area contributed by atoms with Crippen molar-refractivity contribution >= 4 is 22.6 Å². The molecule has 23 heavy (non-hydrogen) atoms. The summed E-state index contributed by atoms with van der Waals surface area (Å²) in [7, 11) is 0. The number of carbonyl (C=O) groups is 1. The number of hydrogen-bond acceptors (Lipinski definition) is 3. The van der Waals surface area contributed by atoms with Crippen LogP contribution in [0.25, 0.3) is 11.0 Å². The minimum absolute atomic E-state index is 0.00764. The minimum atomic E-state index is -0.436. The number of hydrogen-bond donors (Lipinski definition) is 1. The van der Waals surface area contributed by atoms with Gasteiger partial charge in [0.05, 0.1) is 5.39 Å². The second-order valence-electron chi connectivity index (χ2n) is 5.48. The fourth-order valence-electron chi connectivity index (χ4n) is 2.45. The van der Waals surface area contributed by atoms with E-state index in [1.807, 2.05) is 44.2 Å². The zero-order valence-corrected chi connectivity index (χ0v) is 13.1. The number of nitrogens with one attached hydrogen (secondary N) is 1. The lowest BCUT2D eigenvalue weighted by Gasteiger charge is -2.06. The Balaban J connectivity index is 1.96. The molecule has 1 aromatic heterocycles. The highest BCUT2D eigenvalue weighted by atomic mass is 16.3. The van der Waals surface area contributed by atoms with Crippen LogP contribution in [0.2, 0.25) is 0 Å². The molecule has 0 bridgehead atoms. The predicted octanol–water partition coefficient (Wildman–Crippen LogP) is 3.92. The maximum atomic E-state index is 12.3. The maximum Gasteiger partial charge on any atom is 0.291 e. The Morgan fingerprint density at radius 1 is 1.13 bits per heavy atom. The summed E-state index contributed by atoms with van der Waals surface area (Å²) in [6.07, 6.45) is 0.838. The molecule has 0 aliphatic rings. The average molecular weight is 307 g/mol. The van der Waals surface area contributed by atoms with Gasteiger partial charge in [-0.1, -0.05) is 25.1 Å². The molecule has 116 valence electrons. The molecule has 4 nitrogen and oxygen atoms in total. The van der Waals surface area contributed by atoms with E-state index >= 15 is 0 Å². The van der Waals surface area contributed by atoms with Gasteiger partial charge in [0, 0.05) is 11.8 Å². The molecule has 0 fully saturated rings. The summed E-state index contributed by atoms with van der Waals surface area (Å²) in [5, 5.41) is 3.24. The molecule has 0 aliphatic heterocycles. The molecule has 1 N–H and O–H groups in total. The van der Waals surface area contributed by atoms with Crippen LogP contribution in [0.4, 0.5) is 5.69 Å². The van der Waals surface area contributed by atoms with Gasteiger partial charge >= 0.3 is 0 Å². The Kier molecular flexibility index (Phi) is 3.98. The van der Waals surface area contributed by atoms with Crippen molar-refractivity contribution in [2.75, 3.05) is 5.32 Å². The van der Waals surface area contributed by atoms with Crippen molar-refractivity contribution in [3.8, 4) is 0 Å². The second-order valence-corrected chi connectivity index (χ2v) is 5.48. The Labute approximate surface area is 133 Å². The lowest BCUT2D eigenvalue weighted by molar-refractivity contribution is 0.0997. The van der Waals surface area contributed by atoms with Gasteiger partial charge in [0.2, 0.25) is 0 Å². The van der Waals surface area contributed by atoms with Crippen LogP contribution in [-0.4, -0.2) is 5.91 Å². The molecule has 1 heterocycles. The van der Waals surface area contributed by atoms with E-state index < -0.39 is 5.91 Å². The third-order valence-corrected chi connectivity index (χ3v) is 3.70. The number of anilines is 1. The van der Waals surface area contributed by atoms with Crippen LogP contribution in [0.1, 0.15) is 28.6 Å². The molecule has 0 saturated carbocycles. The van der Waals surface area contributed by atoms with Crippen LogP contribution in [0, 0.1) is 6.92 Å². The molecule has 3 rings (SSSR count). The largest absolute Gasteiger partial charge is 0.451 e. The second kappa shape index (κ2) is 6.08. The molecular weight excluding hydrogens is 290 g/mol. The van der Waals surface area contributed by atoms with Crippen molar-refractivity contribution < 1.29 is 9.21 Å². The third-order valence-electron chi connectivity index (χ3n) is 3.70. The van der Waals surface area contributed by atoms with Gasteiger partial charge < -0.3 is 9.73 Å². The number of rotatable bonds is 3. The molecule has 0 radical (unpaired) electrons. The van der Waals surface area contributed by atoms with E-state index in [0.717, 1.165) is 17.5 Å². The number of fused-ring (bicyclic) bond motifs is 1. The number of carbonyl (C=O) groups excluding carboxylic acids is 1. The molecule has 3 aromatic rings. The quantitative estimate of drug-likeness (QED) is 0.798. The van der Waals surface area contributed by atoms with E-state index in [1.54, 1.807) is 12.1 Å². The smallest absolute Gasteiger partial charge is 0.291 e. The maximum absolute atomic E-state index is 12.3. The highest BCUT2D eigenvalue weighted by molar-refractivity contribution is 6.03. The SMILES string of the molecule is CCc1ccc2oc(C(=O)Nc3cccc(C)c3)cc(=O)c2c1. The van der Waals surface area contributed by atoms with E-state index in [9.17, 15) is 9.59 Å². The van der Waals surface area contributed by atoms with Crippen molar-refractivity contribution in [1.82, 2.24) is 0 Å². The van der Waals surface area contributed by atoms with Crippen molar-refractivity contribution in [3.63, 3.8) is 0 Å². The summed E-state index contributed by atoms with van der Waals surface area (Å²) in [5.41, 5.74) is 2.97. The predicted molar refractivity (Wildman–Crippen MR) is 91.0 cm³/mol. The summed E-state index contributed by atoms with van der Waals surface area (Å²) in [6, 6.07) is 14.1. The van der Waals surface area contributed by atoms with Crippen molar-refractivity contribution in [3.05, 3.63) is 75.6 Å². The number of amides is 1. The number of aryl methyl sites for hydroxylation is 2. The lowest BCUT2D eigenvalue weighted by Crippen LogP contribution is -2.15. The highest BCUT2D eigenvalue weighted by Crippen LogP contribution is 2.16. The minimum Gasteiger partial charge on any atom is -0.451 e. The summed E-state index contributed by atoms with van der Waals surface area (Å²) in [6.45, 7) is 3.96. The van der Waals surface area contributed by atoms with Crippen molar-refractivity contribution in [2.45, 2.75) is 20.3 Å². The molecule has 0 unspecified atom stereocenters. The van der Waals surface area contributed by atoms with Gasteiger partial charge in [0.1, 0.15) is 5.58 Å². The summed E-state index contributed by atoms with van der Waals surface area (Å²) >= 11 is 0. The zero-order chi connectivity index (χ0) is 16.4. The van der Waals surface area contributed by atoms with E-state index in [-0.39, 0.29) is 11.2 Å². The van der Waals surface area contributed by atoms with Gasteiger partial charge in [-0.15, -0.1) is 0 Å². The molecule has 2 aromatic carbocycles. The summed E-state index contributed by atoms with van der Waals surface area (Å²) < 4.78 is 5.59. The zero-order valence-electron chi connectivity index (χ0n) is 13.1. The van der Waals surface area contributed by atoms with Crippen molar-refractivity contribution in [1.29, 1.82) is 0 Å². The third kappa shape index (κ3) is 3.16. The Morgan fingerprint density at radius 2 is 1.96 bits per heavy atom. The van der Waals surface area contributed by atoms with Crippen LogP contribution >= 0.6 is 0 Å². The van der Waals surface area contributed by atoms with E-state index in [1.165, 1.54) is 6.07 Å². The van der Waals surface area contributed by atoms with Gasteiger partial charge in [-0.3, -0.25) is 9.59 Å². The van der Waals surface area contributed by atoms with Crippen LogP contribution in [0.5, 0.6) is 0 Å². The Bertz CT molecular complexity index is 941. The van der Waals surface area contributed by atoms with Crippen LogP contribution in [0.15, 0.2) is 57.7 Å².